The Morgan fingerprint density at radius 1 is 0.846 bits per heavy atom. The van der Waals surface area contributed by atoms with Gasteiger partial charge in [-0.1, -0.05) is 42.0 Å². The van der Waals surface area contributed by atoms with E-state index < -0.39 is 0 Å². The second kappa shape index (κ2) is 5.67. The molecule has 1 N–H and O–H groups in total. The van der Waals surface area contributed by atoms with Crippen molar-refractivity contribution in [2.75, 3.05) is 0 Å². The van der Waals surface area contributed by atoms with Gasteiger partial charge < -0.3 is 4.98 Å². The third kappa shape index (κ3) is 2.53. The first-order chi connectivity index (χ1) is 12.7. The molecule has 0 saturated carbocycles. The summed E-state index contributed by atoms with van der Waals surface area (Å²) in [7, 11) is 0. The highest BCUT2D eigenvalue weighted by Gasteiger charge is 2.17. The molecule has 0 amide bonds. The van der Waals surface area contributed by atoms with Crippen LogP contribution < -0.4 is 0 Å². The molecule has 0 fully saturated rings. The highest BCUT2D eigenvalue weighted by molar-refractivity contribution is 6.06. The summed E-state index contributed by atoms with van der Waals surface area (Å²) in [4.78, 5) is 12.7. The zero-order chi connectivity index (χ0) is 17.7. The maximum Gasteiger partial charge on any atom is 0.104 e. The minimum Gasteiger partial charge on any atom is -0.342 e. The number of hydrogen-bond acceptors (Lipinski definition) is 2. The number of H-pyrrole nitrogens is 1. The molecule has 0 atom stereocenters. The van der Waals surface area contributed by atoms with Crippen molar-refractivity contribution in [3.8, 4) is 11.1 Å². The first-order valence-electron chi connectivity index (χ1n) is 8.90. The standard InChI is InChI=1S/C23H19N3/c1-14-4-3-5-18(10-14)22-13-19-11-16(6-8-20(19)26-22)17-7-9-21-23(12-17)25-15(2)24-21/h3-12H,13H2,1-2H3,(H,24,25). The van der Waals surface area contributed by atoms with Gasteiger partial charge >= 0.3 is 0 Å². The molecule has 3 nitrogen and oxygen atoms in total. The molecule has 0 spiro atoms. The van der Waals surface area contributed by atoms with Crippen molar-refractivity contribution in [3.05, 3.63) is 83.2 Å². The molecule has 1 aliphatic heterocycles. The largest absolute Gasteiger partial charge is 0.342 e. The summed E-state index contributed by atoms with van der Waals surface area (Å²) in [5, 5.41) is 0. The summed E-state index contributed by atoms with van der Waals surface area (Å²) in [5.74, 6) is 0.947. The van der Waals surface area contributed by atoms with Gasteiger partial charge in [0.2, 0.25) is 0 Å². The highest BCUT2D eigenvalue weighted by Crippen LogP contribution is 2.33. The Kier molecular flexibility index (Phi) is 3.29. The average molecular weight is 337 g/mol. The molecule has 3 aromatic carbocycles. The number of nitrogens with zero attached hydrogens (tertiary/aromatic N) is 2. The van der Waals surface area contributed by atoms with Crippen LogP contribution in [-0.2, 0) is 6.42 Å². The van der Waals surface area contributed by atoms with Gasteiger partial charge in [0.15, 0.2) is 0 Å². The van der Waals surface area contributed by atoms with E-state index in [0.29, 0.717) is 0 Å². The molecular formula is C23H19N3. The van der Waals surface area contributed by atoms with Gasteiger partial charge in [-0.15, -0.1) is 0 Å². The topological polar surface area (TPSA) is 41.0 Å². The number of aromatic nitrogens is 2. The average Bonchev–Trinajstić information content (AvgIpc) is 3.22. The number of hydrogen-bond donors (Lipinski definition) is 1. The van der Waals surface area contributed by atoms with E-state index in [1.165, 1.54) is 27.8 Å². The van der Waals surface area contributed by atoms with Crippen LogP contribution in [0.2, 0.25) is 0 Å². The molecule has 1 aromatic heterocycles. The molecular weight excluding hydrogens is 318 g/mol. The molecule has 4 aromatic rings. The van der Waals surface area contributed by atoms with Crippen LogP contribution in [0.1, 0.15) is 22.5 Å². The van der Waals surface area contributed by atoms with Gasteiger partial charge in [0.05, 0.1) is 22.4 Å². The third-order valence-electron chi connectivity index (χ3n) is 4.98. The minimum atomic E-state index is 0.887. The van der Waals surface area contributed by atoms with Gasteiger partial charge in [-0.25, -0.2) is 4.98 Å². The quantitative estimate of drug-likeness (QED) is 0.514. The second-order valence-corrected chi connectivity index (χ2v) is 7.00. The van der Waals surface area contributed by atoms with E-state index in [1.807, 2.05) is 6.92 Å². The molecule has 2 heterocycles. The third-order valence-corrected chi connectivity index (χ3v) is 4.98. The number of fused-ring (bicyclic) bond motifs is 2. The van der Waals surface area contributed by atoms with Crippen LogP contribution in [-0.4, -0.2) is 15.7 Å². The first kappa shape index (κ1) is 15.1. The number of aryl methyl sites for hydroxylation is 2. The SMILES string of the molecule is Cc1cccc(C2=Nc3ccc(-c4ccc5nc(C)[nH]c5c4)cc3C2)c1. The first-order valence-corrected chi connectivity index (χ1v) is 8.90. The van der Waals surface area contributed by atoms with Crippen molar-refractivity contribution < 1.29 is 0 Å². The van der Waals surface area contributed by atoms with Gasteiger partial charge in [-0.05, 0) is 60.4 Å². The fourth-order valence-electron chi connectivity index (χ4n) is 3.69. The number of aromatic amines is 1. The molecule has 26 heavy (non-hydrogen) atoms. The summed E-state index contributed by atoms with van der Waals surface area (Å²) in [6.45, 7) is 4.11. The van der Waals surface area contributed by atoms with E-state index in [9.17, 15) is 0 Å². The zero-order valence-corrected chi connectivity index (χ0v) is 14.9. The summed E-state index contributed by atoms with van der Waals surface area (Å²) < 4.78 is 0. The van der Waals surface area contributed by atoms with Crippen molar-refractivity contribution >= 4 is 22.4 Å². The van der Waals surface area contributed by atoms with E-state index in [0.717, 1.165) is 34.7 Å². The maximum atomic E-state index is 4.85. The van der Waals surface area contributed by atoms with E-state index >= 15 is 0 Å². The lowest BCUT2D eigenvalue weighted by atomic mass is 9.98. The monoisotopic (exact) mass is 337 g/mol. The number of benzene rings is 3. The maximum absolute atomic E-state index is 4.85. The van der Waals surface area contributed by atoms with Gasteiger partial charge in [0.1, 0.15) is 5.82 Å². The van der Waals surface area contributed by atoms with Crippen molar-refractivity contribution in [2.45, 2.75) is 20.3 Å². The smallest absolute Gasteiger partial charge is 0.104 e. The molecule has 0 bridgehead atoms. The van der Waals surface area contributed by atoms with Crippen molar-refractivity contribution in [1.82, 2.24) is 9.97 Å². The van der Waals surface area contributed by atoms with Crippen molar-refractivity contribution in [1.29, 1.82) is 0 Å². The molecule has 0 radical (unpaired) electrons. The fourth-order valence-corrected chi connectivity index (χ4v) is 3.69. The predicted molar refractivity (Wildman–Crippen MR) is 107 cm³/mol. The van der Waals surface area contributed by atoms with Crippen LogP contribution in [0.25, 0.3) is 22.2 Å². The highest BCUT2D eigenvalue weighted by atomic mass is 14.9. The molecule has 0 unspecified atom stereocenters. The van der Waals surface area contributed by atoms with Crippen molar-refractivity contribution in [3.63, 3.8) is 0 Å². The Bertz CT molecular complexity index is 1180. The number of rotatable bonds is 2. The van der Waals surface area contributed by atoms with E-state index in [1.54, 1.807) is 0 Å². The Labute approximate surface area is 152 Å². The van der Waals surface area contributed by atoms with Gasteiger partial charge in [-0.2, -0.15) is 0 Å². The minimum absolute atomic E-state index is 0.887. The summed E-state index contributed by atoms with van der Waals surface area (Å²) >= 11 is 0. The molecule has 5 rings (SSSR count). The normalized spacial score (nSPS) is 13.1. The Hall–Kier alpha value is -3.20. The number of nitrogens with one attached hydrogen (secondary N) is 1. The second-order valence-electron chi connectivity index (χ2n) is 7.00. The molecule has 126 valence electrons. The lowest BCUT2D eigenvalue weighted by molar-refractivity contribution is 1.17. The molecule has 0 saturated heterocycles. The molecule has 1 aliphatic rings. The summed E-state index contributed by atoms with van der Waals surface area (Å²) in [6, 6.07) is 21.5. The zero-order valence-electron chi connectivity index (χ0n) is 14.9. The van der Waals surface area contributed by atoms with E-state index in [2.05, 4.69) is 77.6 Å². The van der Waals surface area contributed by atoms with Crippen LogP contribution >= 0.6 is 0 Å². The van der Waals surface area contributed by atoms with Crippen LogP contribution in [0.15, 0.2) is 65.7 Å². The van der Waals surface area contributed by atoms with E-state index in [-0.39, 0.29) is 0 Å². The fraction of sp³-hybridized carbons (Fsp3) is 0.130. The number of aliphatic imine (C=N–C) groups is 1. The number of imidazole rings is 1. The van der Waals surface area contributed by atoms with Gasteiger partial charge in [-0.3, -0.25) is 4.99 Å². The molecule has 0 aliphatic carbocycles. The van der Waals surface area contributed by atoms with Gasteiger partial charge in [0, 0.05) is 6.42 Å². The van der Waals surface area contributed by atoms with Crippen LogP contribution in [0.4, 0.5) is 5.69 Å². The Morgan fingerprint density at radius 2 is 1.69 bits per heavy atom. The van der Waals surface area contributed by atoms with E-state index in [4.69, 9.17) is 4.99 Å². The molecule has 3 heteroatoms. The van der Waals surface area contributed by atoms with Crippen LogP contribution in [0, 0.1) is 13.8 Å². The lowest BCUT2D eigenvalue weighted by Crippen LogP contribution is -2.00. The Morgan fingerprint density at radius 3 is 2.58 bits per heavy atom. The van der Waals surface area contributed by atoms with Gasteiger partial charge in [0.25, 0.3) is 0 Å². The van der Waals surface area contributed by atoms with Crippen LogP contribution in [0.3, 0.4) is 0 Å². The Balaban J connectivity index is 1.50. The summed E-state index contributed by atoms with van der Waals surface area (Å²) in [6.07, 6.45) is 0.887. The van der Waals surface area contributed by atoms with Crippen LogP contribution in [0.5, 0.6) is 0 Å². The summed E-state index contributed by atoms with van der Waals surface area (Å²) in [5.41, 5.74) is 10.5. The predicted octanol–water partition coefficient (Wildman–Crippen LogP) is 5.52. The lowest BCUT2D eigenvalue weighted by Gasteiger charge is -2.05. The van der Waals surface area contributed by atoms with Crippen molar-refractivity contribution in [2.24, 2.45) is 4.99 Å².